The lowest BCUT2D eigenvalue weighted by Gasteiger charge is -2.09. The third-order valence-corrected chi connectivity index (χ3v) is 5.60. The Bertz CT molecular complexity index is 1080. The zero-order valence-corrected chi connectivity index (χ0v) is 16.3. The molecule has 3 aromatic heterocycles. The summed E-state index contributed by atoms with van der Waals surface area (Å²) in [5.74, 6) is 1.25. The molecule has 4 rings (SSSR count). The summed E-state index contributed by atoms with van der Waals surface area (Å²) >= 11 is 19.7. The lowest BCUT2D eigenvalue weighted by molar-refractivity contribution is 1.10. The molecule has 4 nitrogen and oxygen atoms in total. The molecule has 0 unspecified atom stereocenters. The number of nitrogens with one attached hydrogen (secondary N) is 1. The van der Waals surface area contributed by atoms with Crippen LogP contribution >= 0.6 is 46.1 Å². The summed E-state index contributed by atoms with van der Waals surface area (Å²) in [6.07, 6.45) is 1.72. The molecule has 0 saturated carbocycles. The minimum Gasteiger partial charge on any atom is -0.365 e. The maximum atomic E-state index is 6.18. The second kappa shape index (κ2) is 7.37. The van der Waals surface area contributed by atoms with Gasteiger partial charge in [0.1, 0.15) is 16.3 Å². The van der Waals surface area contributed by atoms with E-state index in [0.717, 1.165) is 15.8 Å². The van der Waals surface area contributed by atoms with E-state index in [4.69, 9.17) is 34.8 Å². The summed E-state index contributed by atoms with van der Waals surface area (Å²) in [7, 11) is 0. The van der Waals surface area contributed by atoms with Crippen LogP contribution in [0.2, 0.25) is 14.4 Å². The molecule has 0 fully saturated rings. The quantitative estimate of drug-likeness (QED) is 0.418. The van der Waals surface area contributed by atoms with Crippen LogP contribution in [0.4, 0.5) is 5.82 Å². The van der Waals surface area contributed by atoms with Crippen LogP contribution in [0.25, 0.3) is 21.7 Å². The number of nitrogens with zero attached hydrogens (tertiary/aromatic N) is 3. The van der Waals surface area contributed by atoms with E-state index in [2.05, 4.69) is 20.3 Å². The van der Waals surface area contributed by atoms with Crippen molar-refractivity contribution in [3.05, 3.63) is 68.6 Å². The fraction of sp³-hybridized carbons (Fsp3) is 0.0556. The van der Waals surface area contributed by atoms with Gasteiger partial charge in [0.05, 0.1) is 19.8 Å². The van der Waals surface area contributed by atoms with E-state index in [9.17, 15) is 0 Å². The summed E-state index contributed by atoms with van der Waals surface area (Å²) in [5.41, 5.74) is 1.70. The Hall–Kier alpha value is -1.92. The highest BCUT2D eigenvalue weighted by atomic mass is 35.5. The topological polar surface area (TPSA) is 50.7 Å². The van der Waals surface area contributed by atoms with Crippen LogP contribution < -0.4 is 5.32 Å². The lowest BCUT2D eigenvalue weighted by Crippen LogP contribution is -2.04. The van der Waals surface area contributed by atoms with Gasteiger partial charge < -0.3 is 5.32 Å². The molecule has 3 heterocycles. The Balaban J connectivity index is 1.71. The third kappa shape index (κ3) is 3.62. The van der Waals surface area contributed by atoms with Gasteiger partial charge in [0.15, 0.2) is 5.82 Å². The highest BCUT2D eigenvalue weighted by Crippen LogP contribution is 2.34. The highest BCUT2D eigenvalue weighted by Gasteiger charge is 2.13. The Labute approximate surface area is 168 Å². The average Bonchev–Trinajstić information content (AvgIpc) is 3.03. The van der Waals surface area contributed by atoms with E-state index in [1.165, 1.54) is 11.3 Å². The van der Waals surface area contributed by atoms with Crippen LogP contribution in [0.5, 0.6) is 0 Å². The number of anilines is 1. The Morgan fingerprint density at radius 2 is 1.85 bits per heavy atom. The molecule has 0 saturated heterocycles. The van der Waals surface area contributed by atoms with Crippen molar-refractivity contribution in [2.45, 2.75) is 6.54 Å². The molecular formula is C18H11Cl3N4S. The summed E-state index contributed by atoms with van der Waals surface area (Å²) < 4.78 is 0.657. The molecule has 1 N–H and O–H groups in total. The highest BCUT2D eigenvalue weighted by molar-refractivity contribution is 7.22. The molecule has 4 aromatic rings. The molecule has 0 amide bonds. The van der Waals surface area contributed by atoms with Gasteiger partial charge in [-0.2, -0.15) is 0 Å². The van der Waals surface area contributed by atoms with Crippen LogP contribution in [0.15, 0.2) is 48.7 Å². The van der Waals surface area contributed by atoms with Crippen molar-refractivity contribution in [3.63, 3.8) is 0 Å². The standard InChI is InChI=1S/C18H11Cl3N4S/c19-12-5-4-10(7-13(12)20)9-23-16-11-8-15(21)26-18(11)25-17(24-16)14-3-1-2-6-22-14/h1-8H,9H2,(H,23,24,25). The average molecular weight is 422 g/mol. The maximum Gasteiger partial charge on any atom is 0.181 e. The zero-order chi connectivity index (χ0) is 18.1. The molecular weight excluding hydrogens is 411 g/mol. The molecule has 8 heteroatoms. The monoisotopic (exact) mass is 420 g/mol. The summed E-state index contributed by atoms with van der Waals surface area (Å²) in [6, 6.07) is 13.0. The largest absolute Gasteiger partial charge is 0.365 e. The lowest BCUT2D eigenvalue weighted by atomic mass is 10.2. The summed E-state index contributed by atoms with van der Waals surface area (Å²) in [5, 5.41) is 5.27. The molecule has 26 heavy (non-hydrogen) atoms. The first-order chi connectivity index (χ1) is 12.6. The maximum absolute atomic E-state index is 6.18. The van der Waals surface area contributed by atoms with E-state index in [0.29, 0.717) is 38.3 Å². The number of rotatable bonds is 4. The van der Waals surface area contributed by atoms with Crippen LogP contribution in [-0.2, 0) is 6.54 Å². The van der Waals surface area contributed by atoms with Crippen molar-refractivity contribution < 1.29 is 0 Å². The Morgan fingerprint density at radius 3 is 2.62 bits per heavy atom. The van der Waals surface area contributed by atoms with Gasteiger partial charge in [0.2, 0.25) is 0 Å². The molecule has 0 spiro atoms. The van der Waals surface area contributed by atoms with Gasteiger partial charge in [-0.05, 0) is 35.9 Å². The first kappa shape index (κ1) is 17.5. The minimum absolute atomic E-state index is 0.520. The van der Waals surface area contributed by atoms with E-state index in [1.807, 2.05) is 36.4 Å². The predicted octanol–water partition coefficient (Wildman–Crippen LogP) is 6.33. The minimum atomic E-state index is 0.520. The van der Waals surface area contributed by atoms with E-state index < -0.39 is 0 Å². The molecule has 0 aliphatic rings. The molecule has 0 atom stereocenters. The van der Waals surface area contributed by atoms with Gasteiger partial charge >= 0.3 is 0 Å². The van der Waals surface area contributed by atoms with E-state index in [-0.39, 0.29) is 0 Å². The second-order valence-corrected chi connectivity index (χ2v) is 7.96. The third-order valence-electron chi connectivity index (χ3n) is 3.70. The number of fused-ring (bicyclic) bond motifs is 1. The Kier molecular flexibility index (Phi) is 4.96. The van der Waals surface area contributed by atoms with Gasteiger partial charge in [0, 0.05) is 12.7 Å². The van der Waals surface area contributed by atoms with E-state index >= 15 is 0 Å². The van der Waals surface area contributed by atoms with Crippen molar-refractivity contribution in [3.8, 4) is 11.5 Å². The van der Waals surface area contributed by atoms with Gasteiger partial charge in [-0.1, -0.05) is 46.9 Å². The Morgan fingerprint density at radius 1 is 0.962 bits per heavy atom. The normalized spacial score (nSPS) is 11.0. The first-order valence-electron chi connectivity index (χ1n) is 7.66. The fourth-order valence-electron chi connectivity index (χ4n) is 2.47. The number of pyridine rings is 1. The molecule has 0 aliphatic heterocycles. The van der Waals surface area contributed by atoms with E-state index in [1.54, 1.807) is 12.3 Å². The zero-order valence-electron chi connectivity index (χ0n) is 13.2. The fourth-order valence-corrected chi connectivity index (χ4v) is 3.88. The molecule has 0 bridgehead atoms. The van der Waals surface area contributed by atoms with Crippen LogP contribution in [0.3, 0.4) is 0 Å². The summed E-state index contributed by atoms with van der Waals surface area (Å²) in [4.78, 5) is 14.4. The number of thiophene rings is 1. The number of hydrogen-bond acceptors (Lipinski definition) is 5. The van der Waals surface area contributed by atoms with Crippen molar-refractivity contribution in [1.29, 1.82) is 0 Å². The van der Waals surface area contributed by atoms with Gasteiger partial charge in [-0.15, -0.1) is 11.3 Å². The molecule has 0 radical (unpaired) electrons. The molecule has 0 aliphatic carbocycles. The molecule has 1 aromatic carbocycles. The predicted molar refractivity (Wildman–Crippen MR) is 109 cm³/mol. The number of hydrogen-bond donors (Lipinski definition) is 1. The smallest absolute Gasteiger partial charge is 0.181 e. The number of aromatic nitrogens is 3. The van der Waals surface area contributed by atoms with Crippen molar-refractivity contribution in [2.75, 3.05) is 5.32 Å². The van der Waals surface area contributed by atoms with Crippen molar-refractivity contribution in [1.82, 2.24) is 15.0 Å². The van der Waals surface area contributed by atoms with Crippen LogP contribution in [0.1, 0.15) is 5.56 Å². The number of benzene rings is 1. The number of halogens is 3. The van der Waals surface area contributed by atoms with Crippen molar-refractivity contribution in [2.24, 2.45) is 0 Å². The van der Waals surface area contributed by atoms with Crippen LogP contribution in [0, 0.1) is 0 Å². The molecule has 130 valence electrons. The van der Waals surface area contributed by atoms with Gasteiger partial charge in [-0.25, -0.2) is 9.97 Å². The van der Waals surface area contributed by atoms with Gasteiger partial charge in [0.25, 0.3) is 0 Å². The SMILES string of the molecule is Clc1cc2c(NCc3ccc(Cl)c(Cl)c3)nc(-c3ccccn3)nc2s1. The van der Waals surface area contributed by atoms with Crippen LogP contribution in [-0.4, -0.2) is 15.0 Å². The van der Waals surface area contributed by atoms with Gasteiger partial charge in [-0.3, -0.25) is 4.98 Å². The second-order valence-electron chi connectivity index (χ2n) is 5.48. The first-order valence-corrected chi connectivity index (χ1v) is 9.61. The van der Waals surface area contributed by atoms with Crippen molar-refractivity contribution >= 4 is 62.2 Å². The summed E-state index contributed by atoms with van der Waals surface area (Å²) in [6.45, 7) is 0.540.